The molecule has 2 aromatic heterocycles. The molecular weight excluding hydrogens is 640 g/mol. The van der Waals surface area contributed by atoms with Crippen LogP contribution in [0, 0.1) is 0 Å². The maximum Gasteiger partial charge on any atom is 0.295 e. The summed E-state index contributed by atoms with van der Waals surface area (Å²) < 4.78 is 58.0. The predicted octanol–water partition coefficient (Wildman–Crippen LogP) is 4.90. The van der Waals surface area contributed by atoms with Gasteiger partial charge >= 0.3 is 0 Å². The van der Waals surface area contributed by atoms with E-state index >= 15 is 0 Å². The van der Waals surface area contributed by atoms with Gasteiger partial charge in [0.15, 0.2) is 17.3 Å². The fourth-order valence-electron chi connectivity index (χ4n) is 5.32. The third kappa shape index (κ3) is 8.58. The van der Waals surface area contributed by atoms with Crippen molar-refractivity contribution in [3.8, 4) is 51.5 Å². The smallest absolute Gasteiger partial charge is 0.295 e. The number of anilines is 3. The summed E-state index contributed by atoms with van der Waals surface area (Å²) in [6.07, 6.45) is 4.31. The number of nitrogens with one attached hydrogen (secondary N) is 2. The van der Waals surface area contributed by atoms with Gasteiger partial charge in [-0.3, -0.25) is 0 Å². The average molecular weight is 683 g/mol. The summed E-state index contributed by atoms with van der Waals surface area (Å²) in [7, 11) is 3.31. The summed E-state index contributed by atoms with van der Waals surface area (Å²) in [5.41, 5.74) is 2.40. The zero-order valence-corrected chi connectivity index (χ0v) is 28.8. The Labute approximate surface area is 280 Å². The Morgan fingerprint density at radius 1 is 0.938 bits per heavy atom. The van der Waals surface area contributed by atoms with Crippen LogP contribution in [-0.4, -0.2) is 101 Å². The van der Waals surface area contributed by atoms with Crippen molar-refractivity contribution >= 4 is 27.5 Å². The Bertz CT molecular complexity index is 1760. The van der Waals surface area contributed by atoms with Crippen LogP contribution < -0.4 is 34.3 Å². The largest absolute Gasteiger partial charge is 0.497 e. The average Bonchev–Trinajstić information content (AvgIpc) is 3.52. The lowest BCUT2D eigenvalue weighted by atomic mass is 10.1. The topological polar surface area (TPSA) is 159 Å². The Morgan fingerprint density at radius 2 is 1.60 bits per heavy atom. The molecule has 15 heteroatoms. The Morgan fingerprint density at radius 3 is 2.19 bits per heavy atom. The molecule has 0 radical (unpaired) electrons. The van der Waals surface area contributed by atoms with E-state index in [2.05, 4.69) is 20.5 Å². The van der Waals surface area contributed by atoms with Gasteiger partial charge in [0.1, 0.15) is 38.8 Å². The summed E-state index contributed by atoms with van der Waals surface area (Å²) in [6.45, 7) is 4.58. The van der Waals surface area contributed by atoms with Gasteiger partial charge in [0.25, 0.3) is 6.01 Å². The zero-order chi connectivity index (χ0) is 34.3. The van der Waals surface area contributed by atoms with E-state index in [1.54, 1.807) is 58.9 Å². The first-order valence-corrected chi connectivity index (χ1v) is 17.6. The quantitative estimate of drug-likeness (QED) is 0.174. The fourth-order valence-corrected chi connectivity index (χ4v) is 5.91. The number of sulfone groups is 1. The van der Waals surface area contributed by atoms with E-state index in [0.717, 1.165) is 31.5 Å². The summed E-state index contributed by atoms with van der Waals surface area (Å²) >= 11 is 0. The molecule has 1 aliphatic heterocycles. The molecule has 48 heavy (non-hydrogen) atoms. The van der Waals surface area contributed by atoms with Crippen molar-refractivity contribution in [2.75, 3.05) is 77.3 Å². The minimum Gasteiger partial charge on any atom is -0.497 e. The highest BCUT2D eigenvalue weighted by Crippen LogP contribution is 2.42. The SMILES string of the molecule is CCNc1nc(-c2cc(OC)cc(OC)c2)c(-c2ccnc(Nc3cc(OC)c(OC4CCN(CCS(C)(=O)=O)CC4)c(OC)c3)n2)o1. The van der Waals surface area contributed by atoms with E-state index in [1.807, 2.05) is 19.1 Å². The molecule has 4 aromatic rings. The molecule has 1 aliphatic rings. The van der Waals surface area contributed by atoms with Gasteiger partial charge in [-0.2, -0.15) is 4.98 Å². The molecule has 0 saturated carbocycles. The number of piperidine rings is 1. The van der Waals surface area contributed by atoms with Crippen molar-refractivity contribution in [2.45, 2.75) is 25.9 Å². The van der Waals surface area contributed by atoms with Crippen LogP contribution in [0.5, 0.6) is 28.7 Å². The highest BCUT2D eigenvalue weighted by Gasteiger charge is 2.25. The molecule has 2 N–H and O–H groups in total. The Balaban J connectivity index is 1.37. The molecule has 0 bridgehead atoms. The number of oxazole rings is 1. The highest BCUT2D eigenvalue weighted by molar-refractivity contribution is 7.90. The van der Waals surface area contributed by atoms with Crippen LogP contribution >= 0.6 is 0 Å². The van der Waals surface area contributed by atoms with Crippen molar-refractivity contribution < 1.29 is 36.5 Å². The normalized spacial score (nSPS) is 14.0. The number of benzene rings is 2. The molecule has 14 nitrogen and oxygen atoms in total. The zero-order valence-electron chi connectivity index (χ0n) is 28.0. The Kier molecular flexibility index (Phi) is 11.1. The highest BCUT2D eigenvalue weighted by atomic mass is 32.2. The van der Waals surface area contributed by atoms with E-state index in [4.69, 9.17) is 38.1 Å². The molecule has 1 fully saturated rings. The first kappa shape index (κ1) is 34.6. The number of hydrogen-bond donors (Lipinski definition) is 2. The molecule has 0 unspecified atom stereocenters. The number of likely N-dealkylation sites (tertiary alicyclic amines) is 1. The van der Waals surface area contributed by atoms with E-state index in [-0.39, 0.29) is 11.9 Å². The van der Waals surface area contributed by atoms with Crippen LogP contribution in [0.25, 0.3) is 22.7 Å². The number of hydrogen-bond acceptors (Lipinski definition) is 14. The molecule has 3 heterocycles. The third-order valence-corrected chi connectivity index (χ3v) is 8.71. The molecule has 1 saturated heterocycles. The van der Waals surface area contributed by atoms with Gasteiger partial charge in [-0.05, 0) is 38.0 Å². The molecular formula is C33H42N6O8S. The van der Waals surface area contributed by atoms with Crippen LogP contribution in [0.4, 0.5) is 17.7 Å². The number of aromatic nitrogens is 3. The van der Waals surface area contributed by atoms with Crippen molar-refractivity contribution in [3.63, 3.8) is 0 Å². The van der Waals surface area contributed by atoms with Crippen LogP contribution in [0.3, 0.4) is 0 Å². The lowest BCUT2D eigenvalue weighted by molar-refractivity contribution is 0.0984. The Hall–Kier alpha value is -4.76. The fraction of sp³-hybridized carbons (Fsp3) is 0.424. The second-order valence-corrected chi connectivity index (χ2v) is 13.5. The molecule has 0 atom stereocenters. The van der Waals surface area contributed by atoms with Crippen molar-refractivity contribution in [1.29, 1.82) is 0 Å². The molecule has 2 aromatic carbocycles. The first-order valence-electron chi connectivity index (χ1n) is 15.5. The van der Waals surface area contributed by atoms with E-state index in [9.17, 15) is 8.42 Å². The monoisotopic (exact) mass is 682 g/mol. The number of nitrogens with zero attached hydrogens (tertiary/aromatic N) is 4. The number of rotatable bonds is 15. The summed E-state index contributed by atoms with van der Waals surface area (Å²) in [6, 6.07) is 11.2. The second-order valence-electron chi connectivity index (χ2n) is 11.2. The van der Waals surface area contributed by atoms with Crippen LogP contribution in [0.15, 0.2) is 47.0 Å². The number of methoxy groups -OCH3 is 4. The standard InChI is InChI=1S/C33H42N6O8S/c1-7-34-33-38-29(21-16-24(42-2)20-25(17-21)43-3)30(47-33)26-8-11-35-32(37-26)36-22-18-27(44-4)31(28(19-22)45-5)46-23-9-12-39(13-10-23)14-15-48(6,40)41/h8,11,16-20,23H,7,9-10,12-15H2,1-6H3,(H,34,38)(H,35,36,37). The molecule has 0 spiro atoms. The van der Waals surface area contributed by atoms with Gasteiger partial charge in [0, 0.05) is 68.1 Å². The minimum atomic E-state index is -3.01. The molecule has 0 aliphatic carbocycles. The van der Waals surface area contributed by atoms with Gasteiger partial charge < -0.3 is 43.6 Å². The lowest BCUT2D eigenvalue weighted by Gasteiger charge is -2.32. The predicted molar refractivity (Wildman–Crippen MR) is 183 cm³/mol. The van der Waals surface area contributed by atoms with Crippen molar-refractivity contribution in [1.82, 2.24) is 19.9 Å². The van der Waals surface area contributed by atoms with E-state index in [1.165, 1.54) is 6.26 Å². The van der Waals surface area contributed by atoms with E-state index < -0.39 is 9.84 Å². The summed E-state index contributed by atoms with van der Waals surface area (Å²) in [4.78, 5) is 16.0. The van der Waals surface area contributed by atoms with Crippen molar-refractivity contribution in [2.24, 2.45) is 0 Å². The maximum atomic E-state index is 11.6. The maximum absolute atomic E-state index is 11.6. The van der Waals surface area contributed by atoms with Gasteiger partial charge in [-0.1, -0.05) is 0 Å². The number of ether oxygens (including phenoxy) is 5. The van der Waals surface area contributed by atoms with Crippen LogP contribution in [0.1, 0.15) is 19.8 Å². The lowest BCUT2D eigenvalue weighted by Crippen LogP contribution is -2.40. The van der Waals surface area contributed by atoms with Gasteiger partial charge in [-0.15, -0.1) is 0 Å². The second kappa shape index (κ2) is 15.4. The third-order valence-electron chi connectivity index (χ3n) is 7.78. The first-order chi connectivity index (χ1) is 23.1. The van der Waals surface area contributed by atoms with Gasteiger partial charge in [-0.25, -0.2) is 18.4 Å². The van der Waals surface area contributed by atoms with Crippen LogP contribution in [0.2, 0.25) is 0 Å². The summed E-state index contributed by atoms with van der Waals surface area (Å²) in [5, 5.41) is 6.37. The van der Waals surface area contributed by atoms with Crippen molar-refractivity contribution in [3.05, 3.63) is 42.6 Å². The molecule has 5 rings (SSSR count). The van der Waals surface area contributed by atoms with Gasteiger partial charge in [0.05, 0.1) is 34.2 Å². The van der Waals surface area contributed by atoms with Gasteiger partial charge in [0.2, 0.25) is 11.7 Å². The molecule has 258 valence electrons. The van der Waals surface area contributed by atoms with Crippen LogP contribution in [-0.2, 0) is 9.84 Å². The minimum absolute atomic E-state index is 0.0751. The van der Waals surface area contributed by atoms with E-state index in [0.29, 0.717) is 76.6 Å². The summed E-state index contributed by atoms with van der Waals surface area (Å²) in [5.74, 6) is 3.56. The molecule has 0 amide bonds.